The van der Waals surface area contributed by atoms with Crippen molar-refractivity contribution in [3.8, 4) is 0 Å². The van der Waals surface area contributed by atoms with Gasteiger partial charge in [0.15, 0.2) is 0 Å². The summed E-state index contributed by atoms with van der Waals surface area (Å²) in [4.78, 5) is 55.3. The molecule has 4 aliphatic rings. The van der Waals surface area contributed by atoms with E-state index in [2.05, 4.69) is 0 Å². The molecule has 0 aromatic heterocycles. The third-order valence-corrected chi connectivity index (χ3v) is 7.72. The second-order valence-corrected chi connectivity index (χ2v) is 9.04. The first-order valence-corrected chi connectivity index (χ1v) is 11.2. The number of nitrogens with zero attached hydrogens (tertiary/aromatic N) is 1. The van der Waals surface area contributed by atoms with Gasteiger partial charge in [-0.2, -0.15) is 0 Å². The van der Waals surface area contributed by atoms with Crippen molar-refractivity contribution < 1.29 is 23.9 Å². The molecule has 6 heteroatoms. The lowest BCUT2D eigenvalue weighted by molar-refractivity contribution is -0.132. The molecule has 1 fully saturated rings. The van der Waals surface area contributed by atoms with E-state index in [0.29, 0.717) is 0 Å². The monoisotopic (exact) mass is 451 g/mol. The van der Waals surface area contributed by atoms with Crippen LogP contribution in [0.1, 0.15) is 45.5 Å². The second kappa shape index (κ2) is 6.97. The number of esters is 1. The van der Waals surface area contributed by atoms with Crippen molar-refractivity contribution in [1.82, 2.24) is 0 Å². The van der Waals surface area contributed by atoms with E-state index < -0.39 is 35.0 Å². The van der Waals surface area contributed by atoms with Crippen molar-refractivity contribution in [2.45, 2.75) is 18.3 Å². The molecule has 2 bridgehead atoms. The number of amides is 2. The third kappa shape index (κ3) is 2.25. The molecule has 6 nitrogen and oxygen atoms in total. The minimum absolute atomic E-state index is 0.129. The van der Waals surface area contributed by atoms with Crippen molar-refractivity contribution in [3.05, 3.63) is 101 Å². The highest BCUT2D eigenvalue weighted by Gasteiger charge is 2.70. The molecule has 2 atom stereocenters. The Labute approximate surface area is 196 Å². The van der Waals surface area contributed by atoms with E-state index in [1.54, 1.807) is 18.2 Å². The van der Waals surface area contributed by atoms with Gasteiger partial charge in [0.25, 0.3) is 0 Å². The van der Waals surface area contributed by atoms with Crippen LogP contribution in [0.15, 0.2) is 72.8 Å². The lowest BCUT2D eigenvalue weighted by Crippen LogP contribution is -2.57. The first-order chi connectivity index (χ1) is 16.4. The molecule has 1 heterocycles. The number of rotatable bonds is 3. The number of methoxy groups -OCH3 is 1. The lowest BCUT2D eigenvalue weighted by Gasteiger charge is -2.52. The molecule has 0 N–H and O–H groups in total. The summed E-state index contributed by atoms with van der Waals surface area (Å²) >= 11 is 0. The van der Waals surface area contributed by atoms with Crippen LogP contribution in [0.5, 0.6) is 0 Å². The molecule has 0 radical (unpaired) electrons. The highest BCUT2D eigenvalue weighted by molar-refractivity contribution is 6.27. The molecule has 0 saturated carbocycles. The Morgan fingerprint density at radius 1 is 0.824 bits per heavy atom. The Morgan fingerprint density at radius 2 is 1.38 bits per heavy atom. The maximum Gasteiger partial charge on any atom is 0.339 e. The number of hydrogen-bond acceptors (Lipinski definition) is 5. The summed E-state index contributed by atoms with van der Waals surface area (Å²) in [6, 6.07) is 21.7. The first-order valence-electron chi connectivity index (χ1n) is 11.2. The smallest absolute Gasteiger partial charge is 0.339 e. The first kappa shape index (κ1) is 20.5. The summed E-state index contributed by atoms with van der Waals surface area (Å²) in [5.74, 6) is -3.66. The summed E-state index contributed by atoms with van der Waals surface area (Å²) in [6.45, 7) is 1.50. The molecular formula is C28H21NO5. The standard InChI is InChI=1S/C28H21NO5/c1-15(30)28-19-12-6-3-9-16(19)22(17-10-4-7-13-20(17)28)23-24(28)26(32)29(25(23)31)21-14-8-5-11-18(21)27(33)34-2/h3-14,22-24H,1-2H3/t22?,23-,24-,28?/m0/s1. The van der Waals surface area contributed by atoms with E-state index in [1.165, 1.54) is 20.1 Å². The average molecular weight is 451 g/mol. The van der Waals surface area contributed by atoms with Crippen LogP contribution >= 0.6 is 0 Å². The molecule has 1 aliphatic heterocycles. The molecule has 2 amide bonds. The number of para-hydroxylation sites is 1. The Hall–Kier alpha value is -4.06. The summed E-state index contributed by atoms with van der Waals surface area (Å²) in [5.41, 5.74) is 2.43. The predicted molar refractivity (Wildman–Crippen MR) is 123 cm³/mol. The highest BCUT2D eigenvalue weighted by atomic mass is 16.5. The van der Waals surface area contributed by atoms with Gasteiger partial charge in [-0.15, -0.1) is 0 Å². The van der Waals surface area contributed by atoms with E-state index in [4.69, 9.17) is 4.74 Å². The van der Waals surface area contributed by atoms with Gasteiger partial charge in [0.05, 0.1) is 35.6 Å². The lowest BCUT2D eigenvalue weighted by atomic mass is 9.46. The maximum atomic E-state index is 14.1. The number of benzene rings is 3. The van der Waals surface area contributed by atoms with Gasteiger partial charge < -0.3 is 4.74 Å². The van der Waals surface area contributed by atoms with Gasteiger partial charge in [0.1, 0.15) is 5.78 Å². The normalized spacial score (nSPS) is 26.1. The zero-order chi connectivity index (χ0) is 23.8. The predicted octanol–water partition coefficient (Wildman–Crippen LogP) is 3.61. The largest absolute Gasteiger partial charge is 0.465 e. The van der Waals surface area contributed by atoms with Crippen molar-refractivity contribution in [2.24, 2.45) is 11.8 Å². The SMILES string of the molecule is COC(=O)c1ccccc1N1C(=O)[C@@H]2[C@@H](C1=O)C1c3ccccc3C2(C(C)=O)c2ccccc21. The van der Waals surface area contributed by atoms with Crippen LogP contribution in [0.3, 0.4) is 0 Å². The van der Waals surface area contributed by atoms with Crippen LogP contribution in [0.4, 0.5) is 5.69 Å². The number of carbonyl (C=O) groups is 4. The summed E-state index contributed by atoms with van der Waals surface area (Å²) in [6.07, 6.45) is 0. The van der Waals surface area contributed by atoms with Crippen molar-refractivity contribution in [1.29, 1.82) is 0 Å². The fourth-order valence-corrected chi connectivity index (χ4v) is 6.56. The number of Topliss-reactive ketones (excluding diaryl/α,β-unsaturated/α-hetero) is 1. The number of anilines is 1. The van der Waals surface area contributed by atoms with Gasteiger partial charge in [0.2, 0.25) is 11.8 Å². The van der Waals surface area contributed by atoms with Crippen LogP contribution < -0.4 is 4.90 Å². The van der Waals surface area contributed by atoms with Gasteiger partial charge in [-0.3, -0.25) is 14.4 Å². The summed E-state index contributed by atoms with van der Waals surface area (Å²) in [5, 5.41) is 0. The fourth-order valence-electron chi connectivity index (χ4n) is 6.56. The van der Waals surface area contributed by atoms with Crippen LogP contribution in [-0.4, -0.2) is 30.7 Å². The molecule has 168 valence electrons. The minimum atomic E-state index is -1.27. The van der Waals surface area contributed by atoms with Gasteiger partial charge >= 0.3 is 5.97 Å². The van der Waals surface area contributed by atoms with E-state index in [1.807, 2.05) is 48.5 Å². The molecule has 0 spiro atoms. The van der Waals surface area contributed by atoms with Gasteiger partial charge in [-0.1, -0.05) is 60.7 Å². The Kier molecular flexibility index (Phi) is 4.21. The van der Waals surface area contributed by atoms with Crippen LogP contribution in [0.2, 0.25) is 0 Å². The van der Waals surface area contributed by atoms with Crippen LogP contribution in [-0.2, 0) is 24.5 Å². The summed E-state index contributed by atoms with van der Waals surface area (Å²) < 4.78 is 4.90. The third-order valence-electron chi connectivity index (χ3n) is 7.72. The Balaban J connectivity index is 1.65. The summed E-state index contributed by atoms with van der Waals surface area (Å²) in [7, 11) is 1.25. The topological polar surface area (TPSA) is 80.8 Å². The van der Waals surface area contributed by atoms with Crippen molar-refractivity contribution in [3.63, 3.8) is 0 Å². The van der Waals surface area contributed by atoms with E-state index in [0.717, 1.165) is 27.2 Å². The zero-order valence-electron chi connectivity index (χ0n) is 18.6. The van der Waals surface area contributed by atoms with Crippen molar-refractivity contribution >= 4 is 29.3 Å². The Morgan fingerprint density at radius 3 is 1.97 bits per heavy atom. The maximum absolute atomic E-state index is 14.1. The molecule has 3 aromatic carbocycles. The molecule has 0 unspecified atom stereocenters. The molecule has 1 saturated heterocycles. The number of ketones is 1. The van der Waals surface area contributed by atoms with Gasteiger partial charge in [-0.25, -0.2) is 9.69 Å². The quantitative estimate of drug-likeness (QED) is 0.449. The number of ether oxygens (including phenoxy) is 1. The molecule has 3 aliphatic carbocycles. The van der Waals surface area contributed by atoms with E-state index >= 15 is 0 Å². The molecule has 7 rings (SSSR count). The van der Waals surface area contributed by atoms with E-state index in [9.17, 15) is 19.2 Å². The number of imide groups is 1. The van der Waals surface area contributed by atoms with Gasteiger partial charge in [-0.05, 0) is 41.3 Å². The number of carbonyl (C=O) groups excluding carboxylic acids is 4. The average Bonchev–Trinajstić information content (AvgIpc) is 3.13. The van der Waals surface area contributed by atoms with Crippen molar-refractivity contribution in [2.75, 3.05) is 12.0 Å². The van der Waals surface area contributed by atoms with E-state index in [-0.39, 0.29) is 23.0 Å². The van der Waals surface area contributed by atoms with Gasteiger partial charge in [0, 0.05) is 5.92 Å². The zero-order valence-corrected chi connectivity index (χ0v) is 18.6. The second-order valence-electron chi connectivity index (χ2n) is 9.04. The van der Waals surface area contributed by atoms with Crippen LogP contribution in [0, 0.1) is 11.8 Å². The fraction of sp³-hybridized carbons (Fsp3) is 0.214. The van der Waals surface area contributed by atoms with Crippen LogP contribution in [0.25, 0.3) is 0 Å². The number of hydrogen-bond donors (Lipinski definition) is 0. The Bertz CT molecular complexity index is 1380. The molecule has 3 aromatic rings. The molecular weight excluding hydrogens is 430 g/mol. The highest BCUT2D eigenvalue weighted by Crippen LogP contribution is 2.64. The minimum Gasteiger partial charge on any atom is -0.465 e. The molecule has 34 heavy (non-hydrogen) atoms.